The number of hydrogen-bond donors (Lipinski definition) is 2. The molecular weight excluding hydrogens is 534 g/mol. The van der Waals surface area contributed by atoms with Crippen LogP contribution in [0.15, 0.2) is 46.0 Å². The van der Waals surface area contributed by atoms with E-state index in [0.29, 0.717) is 23.6 Å². The summed E-state index contributed by atoms with van der Waals surface area (Å²) in [6.07, 6.45) is 2.82. The van der Waals surface area contributed by atoms with Crippen LogP contribution in [0.25, 0.3) is 0 Å². The number of halogens is 2. The molecule has 0 aliphatic carbocycles. The average Bonchev–Trinajstić information content (AvgIpc) is 3.22. The van der Waals surface area contributed by atoms with Crippen molar-refractivity contribution >= 4 is 39.8 Å². The highest BCUT2D eigenvalue weighted by atomic mass is 127. The third-order valence-electron chi connectivity index (χ3n) is 4.84. The van der Waals surface area contributed by atoms with Crippen molar-refractivity contribution in [2.24, 2.45) is 4.99 Å². The molecule has 0 saturated heterocycles. The summed E-state index contributed by atoms with van der Waals surface area (Å²) >= 11 is 0. The summed E-state index contributed by atoms with van der Waals surface area (Å²) in [6.45, 7) is 6.74. The van der Waals surface area contributed by atoms with E-state index in [1.165, 1.54) is 18.2 Å². The Morgan fingerprint density at radius 3 is 2.45 bits per heavy atom. The van der Waals surface area contributed by atoms with Crippen molar-refractivity contribution in [3.63, 3.8) is 0 Å². The number of benzene rings is 1. The molecule has 0 bridgehead atoms. The number of likely N-dealkylation sites (N-methyl/N-ethyl adjacent to an activating group) is 1. The van der Waals surface area contributed by atoms with E-state index in [2.05, 4.69) is 34.4 Å². The summed E-state index contributed by atoms with van der Waals surface area (Å²) in [5.74, 6) is 0.848. The highest BCUT2D eigenvalue weighted by molar-refractivity contribution is 14.0. The Kier molecular flexibility index (Phi) is 11.5. The Balaban J connectivity index is 0.00000480. The van der Waals surface area contributed by atoms with Gasteiger partial charge in [0.05, 0.1) is 18.1 Å². The number of hydrogen-bond acceptors (Lipinski definition) is 5. The first-order valence-corrected chi connectivity index (χ1v) is 12.0. The second-order valence-electron chi connectivity index (χ2n) is 7.04. The van der Waals surface area contributed by atoms with Gasteiger partial charge in [0.1, 0.15) is 11.6 Å². The minimum Gasteiger partial charge on any atom is -0.468 e. The second kappa shape index (κ2) is 13.0. The molecule has 0 fully saturated rings. The maximum Gasteiger partial charge on any atom is 0.191 e. The molecule has 1 aromatic carbocycles. The van der Waals surface area contributed by atoms with Crippen LogP contribution in [0.5, 0.6) is 0 Å². The maximum atomic E-state index is 13.7. The van der Waals surface area contributed by atoms with Crippen LogP contribution in [0.2, 0.25) is 0 Å². The van der Waals surface area contributed by atoms with Gasteiger partial charge in [-0.05, 0) is 48.5 Å². The van der Waals surface area contributed by atoms with Crippen molar-refractivity contribution < 1.29 is 17.2 Å². The molecule has 1 aromatic heterocycles. The zero-order valence-corrected chi connectivity index (χ0v) is 21.5. The van der Waals surface area contributed by atoms with Crippen LogP contribution < -0.4 is 10.6 Å². The molecule has 0 saturated carbocycles. The number of furan rings is 1. The zero-order valence-electron chi connectivity index (χ0n) is 18.4. The Morgan fingerprint density at radius 2 is 1.90 bits per heavy atom. The van der Waals surface area contributed by atoms with E-state index in [9.17, 15) is 12.8 Å². The lowest BCUT2D eigenvalue weighted by Gasteiger charge is -2.28. The molecule has 0 radical (unpaired) electrons. The van der Waals surface area contributed by atoms with E-state index in [1.54, 1.807) is 13.3 Å². The van der Waals surface area contributed by atoms with Crippen LogP contribution in [0.4, 0.5) is 4.39 Å². The molecule has 0 aliphatic heterocycles. The third-order valence-corrected chi connectivity index (χ3v) is 5.68. The van der Waals surface area contributed by atoms with Crippen molar-refractivity contribution in [3.05, 3.63) is 59.3 Å². The lowest BCUT2D eigenvalue weighted by atomic mass is 10.1. The summed E-state index contributed by atoms with van der Waals surface area (Å²) in [5.41, 5.74) is 1.15. The fourth-order valence-corrected chi connectivity index (χ4v) is 4.18. The van der Waals surface area contributed by atoms with E-state index in [1.807, 2.05) is 12.1 Å². The van der Waals surface area contributed by atoms with E-state index < -0.39 is 15.7 Å². The quantitative estimate of drug-likeness (QED) is 0.261. The zero-order chi connectivity index (χ0) is 22.1. The summed E-state index contributed by atoms with van der Waals surface area (Å²) in [4.78, 5) is 6.50. The SMILES string of the molecule is CCN(CC)C(CNC(=NC)NCc1cc(F)ccc1CS(C)(=O)=O)c1ccco1.I. The predicted molar refractivity (Wildman–Crippen MR) is 133 cm³/mol. The molecule has 2 N–H and O–H groups in total. The molecule has 1 atom stereocenters. The average molecular weight is 566 g/mol. The Bertz CT molecular complexity index is 932. The van der Waals surface area contributed by atoms with Gasteiger partial charge in [-0.2, -0.15) is 0 Å². The Morgan fingerprint density at radius 1 is 1.19 bits per heavy atom. The van der Waals surface area contributed by atoms with Crippen molar-refractivity contribution in [2.45, 2.75) is 32.2 Å². The first-order chi connectivity index (χ1) is 14.3. The van der Waals surface area contributed by atoms with Crippen LogP contribution in [-0.2, 0) is 22.1 Å². The highest BCUT2D eigenvalue weighted by Gasteiger charge is 2.21. The summed E-state index contributed by atoms with van der Waals surface area (Å²) < 4.78 is 42.7. The van der Waals surface area contributed by atoms with E-state index in [4.69, 9.17) is 4.42 Å². The van der Waals surface area contributed by atoms with Crippen LogP contribution in [-0.4, -0.2) is 52.2 Å². The number of guanidine groups is 1. The molecule has 31 heavy (non-hydrogen) atoms. The first-order valence-electron chi connectivity index (χ1n) is 9.94. The lowest BCUT2D eigenvalue weighted by molar-refractivity contribution is 0.193. The minimum atomic E-state index is -3.23. The lowest BCUT2D eigenvalue weighted by Crippen LogP contribution is -2.43. The number of aliphatic imine (C=N–C) groups is 1. The van der Waals surface area contributed by atoms with Crippen LogP contribution in [0, 0.1) is 5.82 Å². The van der Waals surface area contributed by atoms with Gasteiger partial charge in [0.15, 0.2) is 15.8 Å². The summed E-state index contributed by atoms with van der Waals surface area (Å²) in [7, 11) is -1.58. The van der Waals surface area contributed by atoms with Gasteiger partial charge in [0, 0.05) is 26.4 Å². The number of rotatable bonds is 10. The van der Waals surface area contributed by atoms with E-state index in [-0.39, 0.29) is 42.3 Å². The monoisotopic (exact) mass is 566 g/mol. The second-order valence-corrected chi connectivity index (χ2v) is 9.18. The molecule has 174 valence electrons. The topological polar surface area (TPSA) is 86.9 Å². The number of nitrogens with zero attached hydrogens (tertiary/aromatic N) is 2. The number of nitrogens with one attached hydrogen (secondary N) is 2. The molecule has 0 amide bonds. The predicted octanol–water partition coefficient (Wildman–Crippen LogP) is 3.33. The van der Waals surface area contributed by atoms with Gasteiger partial charge in [0.25, 0.3) is 0 Å². The molecule has 2 aromatic rings. The molecule has 1 unspecified atom stereocenters. The maximum absolute atomic E-state index is 13.7. The fraction of sp³-hybridized carbons (Fsp3) is 0.476. The van der Waals surface area contributed by atoms with Gasteiger partial charge in [0.2, 0.25) is 0 Å². The van der Waals surface area contributed by atoms with Gasteiger partial charge in [-0.3, -0.25) is 9.89 Å². The van der Waals surface area contributed by atoms with Gasteiger partial charge in [-0.25, -0.2) is 12.8 Å². The van der Waals surface area contributed by atoms with Crippen molar-refractivity contribution in [3.8, 4) is 0 Å². The van der Waals surface area contributed by atoms with Crippen LogP contribution in [0.1, 0.15) is 36.8 Å². The Labute approximate surface area is 201 Å². The summed E-state index contributed by atoms with van der Waals surface area (Å²) in [6, 6.07) is 7.98. The molecule has 0 spiro atoms. The summed E-state index contributed by atoms with van der Waals surface area (Å²) in [5, 5.41) is 6.43. The molecule has 1 heterocycles. The smallest absolute Gasteiger partial charge is 0.191 e. The largest absolute Gasteiger partial charge is 0.468 e. The molecule has 0 aliphatic rings. The van der Waals surface area contributed by atoms with Crippen molar-refractivity contribution in [2.75, 3.05) is 32.9 Å². The Hall–Kier alpha value is -1.66. The standard InChI is InChI=1S/C21H31FN4O3S.HI/c1-5-26(6-2)19(20-8-7-11-29-20)14-25-21(23-3)24-13-17-12-18(22)10-9-16(17)15-30(4,27)28;/h7-12,19H,5-6,13-15H2,1-4H3,(H2,23,24,25);1H. The number of sulfone groups is 1. The van der Waals surface area contributed by atoms with Gasteiger partial charge >= 0.3 is 0 Å². The van der Waals surface area contributed by atoms with Gasteiger partial charge in [-0.1, -0.05) is 19.9 Å². The van der Waals surface area contributed by atoms with Crippen LogP contribution in [0.3, 0.4) is 0 Å². The van der Waals surface area contributed by atoms with Crippen molar-refractivity contribution in [1.29, 1.82) is 0 Å². The van der Waals surface area contributed by atoms with Gasteiger partial charge < -0.3 is 15.1 Å². The molecule has 10 heteroatoms. The van der Waals surface area contributed by atoms with Crippen molar-refractivity contribution in [1.82, 2.24) is 15.5 Å². The third kappa shape index (κ3) is 8.77. The minimum absolute atomic E-state index is 0. The molecule has 2 rings (SSSR count). The highest BCUT2D eigenvalue weighted by Crippen LogP contribution is 2.20. The normalized spacial score (nSPS) is 13.0. The van der Waals surface area contributed by atoms with Crippen LogP contribution >= 0.6 is 24.0 Å². The fourth-order valence-electron chi connectivity index (χ4n) is 3.33. The van der Waals surface area contributed by atoms with E-state index >= 15 is 0 Å². The van der Waals surface area contributed by atoms with Gasteiger partial charge in [-0.15, -0.1) is 24.0 Å². The first kappa shape index (κ1) is 27.4. The molecule has 7 nitrogen and oxygen atoms in total. The van der Waals surface area contributed by atoms with E-state index in [0.717, 1.165) is 25.1 Å². The molecular formula is C21H32FIN4O3S.